The average Bonchev–Trinajstić information content (AvgIpc) is 2.47. The van der Waals surface area contributed by atoms with E-state index in [4.69, 9.17) is 11.6 Å². The van der Waals surface area contributed by atoms with Crippen molar-refractivity contribution in [2.45, 2.75) is 20.3 Å². The van der Waals surface area contributed by atoms with Gasteiger partial charge in [-0.15, -0.1) is 11.3 Å². The van der Waals surface area contributed by atoms with Gasteiger partial charge in [-0.3, -0.25) is 0 Å². The maximum atomic E-state index is 5.99. The van der Waals surface area contributed by atoms with Crippen LogP contribution in [0.2, 0.25) is 5.15 Å². The van der Waals surface area contributed by atoms with E-state index < -0.39 is 0 Å². The molecule has 0 amide bonds. The molecular formula is C9H9ClN2S. The number of rotatable bonds is 1. The number of thiophene rings is 1. The minimum Gasteiger partial charge on any atom is -0.222 e. The van der Waals surface area contributed by atoms with Gasteiger partial charge < -0.3 is 0 Å². The number of aryl methyl sites for hydroxylation is 2. The van der Waals surface area contributed by atoms with Crippen molar-refractivity contribution < 1.29 is 0 Å². The molecule has 0 radical (unpaired) electrons. The first-order valence-corrected chi connectivity index (χ1v) is 5.32. The summed E-state index contributed by atoms with van der Waals surface area (Å²) in [6, 6.07) is 2.07. The normalized spacial score (nSPS) is 11.0. The van der Waals surface area contributed by atoms with E-state index in [1.807, 2.05) is 6.92 Å². The van der Waals surface area contributed by atoms with Crippen molar-refractivity contribution in [2.24, 2.45) is 0 Å². The lowest BCUT2D eigenvalue weighted by Gasteiger charge is -1.93. The molecule has 4 heteroatoms. The summed E-state index contributed by atoms with van der Waals surface area (Å²) in [4.78, 5) is 10.7. The second-order valence-corrected chi connectivity index (χ2v) is 4.32. The van der Waals surface area contributed by atoms with Gasteiger partial charge in [0.15, 0.2) is 0 Å². The Balaban J connectivity index is 2.75. The molecule has 2 aromatic rings. The largest absolute Gasteiger partial charge is 0.222 e. The molecule has 0 bridgehead atoms. The van der Waals surface area contributed by atoms with Crippen LogP contribution in [0.5, 0.6) is 0 Å². The molecule has 0 fully saturated rings. The molecule has 2 rings (SSSR count). The van der Waals surface area contributed by atoms with Crippen LogP contribution in [0.1, 0.15) is 17.6 Å². The van der Waals surface area contributed by atoms with E-state index in [0.29, 0.717) is 5.15 Å². The highest BCUT2D eigenvalue weighted by Crippen LogP contribution is 2.28. The smallest absolute Gasteiger partial charge is 0.141 e. The van der Waals surface area contributed by atoms with Gasteiger partial charge in [0.25, 0.3) is 0 Å². The fraction of sp³-hybridized carbons (Fsp3) is 0.333. The zero-order valence-corrected chi connectivity index (χ0v) is 9.04. The number of fused-ring (bicyclic) bond motifs is 1. The second kappa shape index (κ2) is 3.24. The fourth-order valence-electron chi connectivity index (χ4n) is 1.21. The van der Waals surface area contributed by atoms with Crippen molar-refractivity contribution in [1.29, 1.82) is 0 Å². The standard InChI is InChI=1S/C9H9ClN2S/c1-3-6-4-7-8(10)11-5(2)12-9(7)13-6/h4H,3H2,1-2H3. The molecule has 2 heterocycles. The Bertz CT molecular complexity index is 450. The summed E-state index contributed by atoms with van der Waals surface area (Å²) in [6.07, 6.45) is 1.02. The lowest BCUT2D eigenvalue weighted by Crippen LogP contribution is -1.86. The van der Waals surface area contributed by atoms with Crippen LogP contribution in [0.4, 0.5) is 0 Å². The Morgan fingerprint density at radius 3 is 2.92 bits per heavy atom. The molecule has 0 aliphatic rings. The van der Waals surface area contributed by atoms with Crippen molar-refractivity contribution >= 4 is 33.2 Å². The lowest BCUT2D eigenvalue weighted by atomic mass is 10.3. The molecule has 0 N–H and O–H groups in total. The van der Waals surface area contributed by atoms with E-state index in [1.165, 1.54) is 4.88 Å². The van der Waals surface area contributed by atoms with Crippen LogP contribution in [0.25, 0.3) is 10.2 Å². The summed E-state index contributed by atoms with van der Waals surface area (Å²) in [6.45, 7) is 3.98. The van der Waals surface area contributed by atoms with Crippen LogP contribution in [0, 0.1) is 6.92 Å². The Hall–Kier alpha value is -0.670. The minimum atomic E-state index is 0.568. The van der Waals surface area contributed by atoms with Crippen LogP contribution in [0.15, 0.2) is 6.07 Å². The number of nitrogens with zero attached hydrogens (tertiary/aromatic N) is 2. The molecule has 2 nitrogen and oxygen atoms in total. The van der Waals surface area contributed by atoms with Crippen molar-refractivity contribution in [3.05, 3.63) is 21.9 Å². The number of hydrogen-bond acceptors (Lipinski definition) is 3. The van der Waals surface area contributed by atoms with Crippen molar-refractivity contribution in [1.82, 2.24) is 9.97 Å². The van der Waals surface area contributed by atoms with Gasteiger partial charge in [0.2, 0.25) is 0 Å². The van der Waals surface area contributed by atoms with Crippen molar-refractivity contribution in [2.75, 3.05) is 0 Å². The predicted octanol–water partition coefficient (Wildman–Crippen LogP) is 3.22. The summed E-state index contributed by atoms with van der Waals surface area (Å²) < 4.78 is 0. The molecule has 0 aromatic carbocycles. The van der Waals surface area contributed by atoms with Gasteiger partial charge in [-0.1, -0.05) is 18.5 Å². The Labute approximate surface area is 85.6 Å². The third-order valence-corrected chi connectivity index (χ3v) is 3.32. The summed E-state index contributed by atoms with van der Waals surface area (Å²) in [5, 5.41) is 1.55. The number of hydrogen-bond donors (Lipinski definition) is 0. The lowest BCUT2D eigenvalue weighted by molar-refractivity contribution is 1.10. The third kappa shape index (κ3) is 1.54. The molecule has 13 heavy (non-hydrogen) atoms. The monoisotopic (exact) mass is 212 g/mol. The summed E-state index contributed by atoms with van der Waals surface area (Å²) in [7, 11) is 0. The van der Waals surface area contributed by atoms with E-state index in [9.17, 15) is 0 Å². The SMILES string of the molecule is CCc1cc2c(Cl)nc(C)nc2s1. The third-order valence-electron chi connectivity index (χ3n) is 1.86. The van der Waals surface area contributed by atoms with E-state index >= 15 is 0 Å². The molecule has 0 saturated heterocycles. The molecule has 0 aliphatic carbocycles. The highest BCUT2D eigenvalue weighted by molar-refractivity contribution is 7.18. The van der Waals surface area contributed by atoms with E-state index in [1.54, 1.807) is 11.3 Å². The number of aromatic nitrogens is 2. The summed E-state index contributed by atoms with van der Waals surface area (Å²) in [5.41, 5.74) is 0. The Morgan fingerprint density at radius 1 is 1.46 bits per heavy atom. The number of halogens is 1. The fourth-order valence-corrected chi connectivity index (χ4v) is 2.55. The van der Waals surface area contributed by atoms with Gasteiger partial charge in [-0.2, -0.15) is 0 Å². The van der Waals surface area contributed by atoms with E-state index in [-0.39, 0.29) is 0 Å². The van der Waals surface area contributed by atoms with E-state index in [0.717, 1.165) is 22.5 Å². The minimum absolute atomic E-state index is 0.568. The molecule has 0 aliphatic heterocycles. The van der Waals surface area contributed by atoms with Gasteiger partial charge >= 0.3 is 0 Å². The maximum Gasteiger partial charge on any atom is 0.141 e. The van der Waals surface area contributed by atoms with Crippen LogP contribution in [-0.2, 0) is 6.42 Å². The molecule has 2 aromatic heterocycles. The predicted molar refractivity (Wildman–Crippen MR) is 56.5 cm³/mol. The zero-order valence-electron chi connectivity index (χ0n) is 7.47. The van der Waals surface area contributed by atoms with Crippen LogP contribution in [0.3, 0.4) is 0 Å². The van der Waals surface area contributed by atoms with Crippen molar-refractivity contribution in [3.8, 4) is 0 Å². The van der Waals surface area contributed by atoms with E-state index in [2.05, 4.69) is 23.0 Å². The summed E-state index contributed by atoms with van der Waals surface area (Å²) in [5.74, 6) is 0.738. The van der Waals surface area contributed by atoms with Crippen molar-refractivity contribution in [3.63, 3.8) is 0 Å². The average molecular weight is 213 g/mol. The first-order valence-electron chi connectivity index (χ1n) is 4.13. The topological polar surface area (TPSA) is 25.8 Å². The second-order valence-electron chi connectivity index (χ2n) is 2.85. The molecule has 0 saturated carbocycles. The first kappa shape index (κ1) is 8.91. The molecule has 68 valence electrons. The van der Waals surface area contributed by atoms with Gasteiger partial charge in [0, 0.05) is 10.3 Å². The van der Waals surface area contributed by atoms with Crippen LogP contribution < -0.4 is 0 Å². The van der Waals surface area contributed by atoms with Gasteiger partial charge in [0.05, 0.1) is 0 Å². The quantitative estimate of drug-likeness (QED) is 0.679. The van der Waals surface area contributed by atoms with Crippen LogP contribution in [-0.4, -0.2) is 9.97 Å². The Morgan fingerprint density at radius 2 is 2.23 bits per heavy atom. The molecule has 0 unspecified atom stereocenters. The van der Waals surface area contributed by atoms with Gasteiger partial charge in [-0.25, -0.2) is 9.97 Å². The summed E-state index contributed by atoms with van der Waals surface area (Å²) >= 11 is 7.68. The highest BCUT2D eigenvalue weighted by Gasteiger charge is 2.07. The first-order chi connectivity index (χ1) is 6.20. The molecule has 0 atom stereocenters. The van der Waals surface area contributed by atoms with Crippen LogP contribution >= 0.6 is 22.9 Å². The zero-order chi connectivity index (χ0) is 9.42. The van der Waals surface area contributed by atoms with Gasteiger partial charge in [-0.05, 0) is 19.4 Å². The Kier molecular flexibility index (Phi) is 2.22. The van der Waals surface area contributed by atoms with Gasteiger partial charge in [0.1, 0.15) is 15.8 Å². The molecular weight excluding hydrogens is 204 g/mol. The maximum absolute atomic E-state index is 5.99. The highest BCUT2D eigenvalue weighted by atomic mass is 35.5. The molecule has 0 spiro atoms.